The summed E-state index contributed by atoms with van der Waals surface area (Å²) < 4.78 is 5.64. The maximum Gasteiger partial charge on any atom is 0.321 e. The minimum Gasteiger partial charge on any atom is -0.480 e. The molecule has 0 spiro atoms. The molecule has 0 fully saturated rings. The predicted octanol–water partition coefficient (Wildman–Crippen LogP) is 1.64. The lowest BCUT2D eigenvalue weighted by molar-refractivity contribution is -0.126. The Labute approximate surface area is 122 Å². The first kappa shape index (κ1) is 14.6. The summed E-state index contributed by atoms with van der Waals surface area (Å²) in [5, 5.41) is 6.15. The van der Waals surface area contributed by atoms with Gasteiger partial charge in [-0.15, -0.1) is 0 Å². The van der Waals surface area contributed by atoms with Gasteiger partial charge < -0.3 is 15.8 Å². The molecule has 0 aliphatic carbocycles. The smallest absolute Gasteiger partial charge is 0.321 e. The molecular weight excluding hydrogens is 270 g/mol. The monoisotopic (exact) mass is 287 g/mol. The summed E-state index contributed by atoms with van der Waals surface area (Å²) in [4.78, 5) is 22.9. The minimum atomic E-state index is -0.811. The lowest BCUT2D eigenvalue weighted by Crippen LogP contribution is -2.43. The van der Waals surface area contributed by atoms with E-state index in [4.69, 9.17) is 10.5 Å². The highest BCUT2D eigenvalue weighted by molar-refractivity contribution is 5.98. The zero-order valence-corrected chi connectivity index (χ0v) is 11.8. The molecule has 21 heavy (non-hydrogen) atoms. The standard InChI is InChI=1S/C15H17N3O3/c1-9(14(19)18-15(20)17-2)21-13-8-7-12(16)10-5-3-4-6-11(10)13/h3-9H,16H2,1-2H3,(H2,17,18,19,20). The van der Waals surface area contributed by atoms with Gasteiger partial charge in [-0.05, 0) is 19.1 Å². The molecule has 6 nitrogen and oxygen atoms in total. The number of nitrogen functional groups attached to an aromatic ring is 1. The van der Waals surface area contributed by atoms with Crippen LogP contribution in [-0.2, 0) is 4.79 Å². The van der Waals surface area contributed by atoms with E-state index in [2.05, 4.69) is 10.6 Å². The molecule has 0 aliphatic rings. The van der Waals surface area contributed by atoms with E-state index in [-0.39, 0.29) is 0 Å². The van der Waals surface area contributed by atoms with Crippen molar-refractivity contribution in [2.45, 2.75) is 13.0 Å². The Kier molecular flexibility index (Phi) is 4.27. The number of urea groups is 1. The Hall–Kier alpha value is -2.76. The van der Waals surface area contributed by atoms with Crippen molar-refractivity contribution in [3.8, 4) is 5.75 Å². The van der Waals surface area contributed by atoms with Gasteiger partial charge in [-0.2, -0.15) is 0 Å². The summed E-state index contributed by atoms with van der Waals surface area (Å²) in [6.07, 6.45) is -0.811. The van der Waals surface area contributed by atoms with Crippen molar-refractivity contribution in [3.63, 3.8) is 0 Å². The maximum atomic E-state index is 11.8. The number of hydrogen-bond donors (Lipinski definition) is 3. The number of carbonyl (C=O) groups is 2. The van der Waals surface area contributed by atoms with Crippen molar-refractivity contribution in [1.82, 2.24) is 10.6 Å². The number of anilines is 1. The van der Waals surface area contributed by atoms with Crippen LogP contribution in [0.2, 0.25) is 0 Å². The van der Waals surface area contributed by atoms with Crippen LogP contribution >= 0.6 is 0 Å². The average molecular weight is 287 g/mol. The molecule has 110 valence electrons. The van der Waals surface area contributed by atoms with Crippen molar-refractivity contribution < 1.29 is 14.3 Å². The van der Waals surface area contributed by atoms with Crippen LogP contribution < -0.4 is 21.1 Å². The molecule has 0 bridgehead atoms. The lowest BCUT2D eigenvalue weighted by Gasteiger charge is -2.16. The van der Waals surface area contributed by atoms with Gasteiger partial charge in [0.15, 0.2) is 6.10 Å². The molecule has 0 radical (unpaired) electrons. The van der Waals surface area contributed by atoms with Crippen LogP contribution in [0.25, 0.3) is 10.8 Å². The van der Waals surface area contributed by atoms with Crippen LogP contribution in [0.4, 0.5) is 10.5 Å². The van der Waals surface area contributed by atoms with Gasteiger partial charge in [-0.1, -0.05) is 24.3 Å². The Bertz CT molecular complexity index is 685. The highest BCUT2D eigenvalue weighted by Crippen LogP contribution is 2.30. The maximum absolute atomic E-state index is 11.8. The fraction of sp³-hybridized carbons (Fsp3) is 0.200. The molecule has 0 saturated heterocycles. The number of imide groups is 1. The van der Waals surface area contributed by atoms with Gasteiger partial charge in [0.2, 0.25) is 0 Å². The summed E-state index contributed by atoms with van der Waals surface area (Å²) in [7, 11) is 1.43. The first-order valence-electron chi connectivity index (χ1n) is 6.49. The highest BCUT2D eigenvalue weighted by atomic mass is 16.5. The van der Waals surface area contributed by atoms with Gasteiger partial charge >= 0.3 is 6.03 Å². The summed E-state index contributed by atoms with van der Waals surface area (Å²) >= 11 is 0. The molecular formula is C15H17N3O3. The normalized spacial score (nSPS) is 11.7. The Morgan fingerprint density at radius 3 is 2.48 bits per heavy atom. The quantitative estimate of drug-likeness (QED) is 0.748. The van der Waals surface area contributed by atoms with Crippen molar-refractivity contribution in [3.05, 3.63) is 36.4 Å². The number of benzene rings is 2. The van der Waals surface area contributed by atoms with E-state index in [9.17, 15) is 9.59 Å². The van der Waals surface area contributed by atoms with Gasteiger partial charge in [0, 0.05) is 23.5 Å². The minimum absolute atomic E-state index is 0.518. The predicted molar refractivity (Wildman–Crippen MR) is 81.0 cm³/mol. The van der Waals surface area contributed by atoms with Crippen LogP contribution in [0.1, 0.15) is 6.92 Å². The molecule has 2 aromatic carbocycles. The SMILES string of the molecule is CNC(=O)NC(=O)C(C)Oc1ccc(N)c2ccccc12. The van der Waals surface area contributed by atoms with E-state index < -0.39 is 18.0 Å². The fourth-order valence-electron chi connectivity index (χ4n) is 1.92. The van der Waals surface area contributed by atoms with E-state index in [0.717, 1.165) is 10.8 Å². The highest BCUT2D eigenvalue weighted by Gasteiger charge is 2.18. The first-order valence-corrected chi connectivity index (χ1v) is 6.49. The van der Waals surface area contributed by atoms with Crippen LogP contribution in [0, 0.1) is 0 Å². The van der Waals surface area contributed by atoms with Gasteiger partial charge in [0.25, 0.3) is 5.91 Å². The van der Waals surface area contributed by atoms with Crippen molar-refractivity contribution in [2.75, 3.05) is 12.8 Å². The Balaban J connectivity index is 2.22. The van der Waals surface area contributed by atoms with E-state index in [1.165, 1.54) is 7.05 Å². The molecule has 4 N–H and O–H groups in total. The van der Waals surface area contributed by atoms with E-state index in [0.29, 0.717) is 11.4 Å². The second-order valence-electron chi connectivity index (χ2n) is 4.53. The van der Waals surface area contributed by atoms with Gasteiger partial charge in [-0.25, -0.2) is 4.79 Å². The topological polar surface area (TPSA) is 93.5 Å². The van der Waals surface area contributed by atoms with E-state index >= 15 is 0 Å². The molecule has 3 amide bonds. The number of hydrogen-bond acceptors (Lipinski definition) is 4. The van der Waals surface area contributed by atoms with Crippen molar-refractivity contribution >= 4 is 28.4 Å². The molecule has 2 rings (SSSR count). The number of carbonyl (C=O) groups excluding carboxylic acids is 2. The van der Waals surface area contributed by atoms with Crippen molar-refractivity contribution in [2.24, 2.45) is 0 Å². The van der Waals surface area contributed by atoms with E-state index in [1.54, 1.807) is 19.1 Å². The molecule has 1 unspecified atom stereocenters. The summed E-state index contributed by atoms with van der Waals surface area (Å²) in [5.41, 5.74) is 6.55. The first-order chi connectivity index (χ1) is 10.0. The third-order valence-electron chi connectivity index (χ3n) is 3.05. The molecule has 1 atom stereocenters. The summed E-state index contributed by atoms with van der Waals surface area (Å²) in [6.45, 7) is 1.57. The molecule has 0 heterocycles. The third-order valence-corrected chi connectivity index (χ3v) is 3.05. The van der Waals surface area contributed by atoms with Crippen LogP contribution in [-0.4, -0.2) is 25.1 Å². The van der Waals surface area contributed by atoms with E-state index in [1.807, 2.05) is 24.3 Å². The van der Waals surface area contributed by atoms with Crippen LogP contribution in [0.5, 0.6) is 5.75 Å². The number of nitrogens with one attached hydrogen (secondary N) is 2. The molecule has 0 aromatic heterocycles. The van der Waals surface area contributed by atoms with Crippen LogP contribution in [0.3, 0.4) is 0 Å². The number of amides is 3. The second-order valence-corrected chi connectivity index (χ2v) is 4.53. The average Bonchev–Trinajstić information content (AvgIpc) is 2.50. The third kappa shape index (κ3) is 3.22. The Morgan fingerprint density at radius 2 is 1.81 bits per heavy atom. The van der Waals surface area contributed by atoms with Gasteiger partial charge in [-0.3, -0.25) is 10.1 Å². The van der Waals surface area contributed by atoms with Crippen molar-refractivity contribution in [1.29, 1.82) is 0 Å². The van der Waals surface area contributed by atoms with Gasteiger partial charge in [0.05, 0.1) is 0 Å². The molecule has 0 saturated carbocycles. The number of fused-ring (bicyclic) bond motifs is 1. The lowest BCUT2D eigenvalue weighted by atomic mass is 10.1. The van der Waals surface area contributed by atoms with Gasteiger partial charge in [0.1, 0.15) is 5.75 Å². The largest absolute Gasteiger partial charge is 0.480 e. The summed E-state index contributed by atoms with van der Waals surface area (Å²) in [6, 6.07) is 10.4. The molecule has 6 heteroatoms. The second kappa shape index (κ2) is 6.13. The zero-order chi connectivity index (χ0) is 15.4. The molecule has 0 aliphatic heterocycles. The summed E-state index contributed by atoms with van der Waals surface area (Å²) in [5.74, 6) is 0.0228. The number of nitrogens with two attached hydrogens (primary N) is 1. The van der Waals surface area contributed by atoms with Crippen LogP contribution in [0.15, 0.2) is 36.4 Å². The molecule has 2 aromatic rings. The fourth-order valence-corrected chi connectivity index (χ4v) is 1.92. The number of ether oxygens (including phenoxy) is 1. The number of rotatable bonds is 3. The zero-order valence-electron chi connectivity index (χ0n) is 11.8. The Morgan fingerprint density at radius 1 is 1.14 bits per heavy atom.